The predicted octanol–water partition coefficient (Wildman–Crippen LogP) is 2.21. The number of pyridine rings is 2. The SMILES string of the molecule is COC(c1ccccn1)c1ccccn1. The van der Waals surface area contributed by atoms with E-state index in [-0.39, 0.29) is 6.10 Å². The summed E-state index contributed by atoms with van der Waals surface area (Å²) < 4.78 is 5.40. The lowest BCUT2D eigenvalue weighted by Gasteiger charge is -2.13. The minimum absolute atomic E-state index is 0.188. The van der Waals surface area contributed by atoms with Gasteiger partial charge in [-0.1, -0.05) is 12.1 Å². The van der Waals surface area contributed by atoms with Gasteiger partial charge >= 0.3 is 0 Å². The summed E-state index contributed by atoms with van der Waals surface area (Å²) in [4.78, 5) is 8.52. The van der Waals surface area contributed by atoms with Crippen LogP contribution in [0.25, 0.3) is 0 Å². The third kappa shape index (κ3) is 2.19. The molecule has 0 aliphatic rings. The Morgan fingerprint density at radius 3 is 1.80 bits per heavy atom. The van der Waals surface area contributed by atoms with Gasteiger partial charge in [0.15, 0.2) is 0 Å². The van der Waals surface area contributed by atoms with Crippen molar-refractivity contribution >= 4 is 0 Å². The maximum Gasteiger partial charge on any atom is 0.141 e. The largest absolute Gasteiger partial charge is 0.369 e. The monoisotopic (exact) mass is 200 g/mol. The summed E-state index contributed by atoms with van der Waals surface area (Å²) in [6.07, 6.45) is 3.32. The highest BCUT2D eigenvalue weighted by molar-refractivity contribution is 5.19. The van der Waals surface area contributed by atoms with Crippen molar-refractivity contribution in [3.05, 3.63) is 60.2 Å². The first kappa shape index (κ1) is 9.80. The number of hydrogen-bond acceptors (Lipinski definition) is 3. The van der Waals surface area contributed by atoms with Gasteiger partial charge in [0, 0.05) is 19.5 Å². The van der Waals surface area contributed by atoms with Gasteiger partial charge in [-0.05, 0) is 24.3 Å². The minimum Gasteiger partial charge on any atom is -0.369 e. The summed E-state index contributed by atoms with van der Waals surface area (Å²) >= 11 is 0. The predicted molar refractivity (Wildman–Crippen MR) is 57.3 cm³/mol. The average Bonchev–Trinajstić information content (AvgIpc) is 2.33. The van der Waals surface area contributed by atoms with Crippen LogP contribution >= 0.6 is 0 Å². The molecule has 0 saturated carbocycles. The van der Waals surface area contributed by atoms with Gasteiger partial charge in [0.25, 0.3) is 0 Å². The quantitative estimate of drug-likeness (QED) is 0.762. The molecule has 2 rings (SSSR count). The van der Waals surface area contributed by atoms with E-state index in [0.717, 1.165) is 11.4 Å². The lowest BCUT2D eigenvalue weighted by Crippen LogP contribution is -2.06. The number of nitrogens with zero attached hydrogens (tertiary/aromatic N) is 2. The molecule has 76 valence electrons. The van der Waals surface area contributed by atoms with Gasteiger partial charge in [0.1, 0.15) is 6.10 Å². The molecule has 0 fully saturated rings. The highest BCUT2D eigenvalue weighted by Gasteiger charge is 2.14. The topological polar surface area (TPSA) is 35.0 Å². The first-order valence-corrected chi connectivity index (χ1v) is 4.76. The Hall–Kier alpha value is -1.74. The van der Waals surface area contributed by atoms with Crippen molar-refractivity contribution in [2.45, 2.75) is 6.10 Å². The molecule has 0 spiro atoms. The summed E-state index contributed by atoms with van der Waals surface area (Å²) in [7, 11) is 1.66. The lowest BCUT2D eigenvalue weighted by atomic mass is 10.1. The lowest BCUT2D eigenvalue weighted by molar-refractivity contribution is 0.129. The summed E-state index contributed by atoms with van der Waals surface area (Å²) in [5.74, 6) is 0. The fraction of sp³-hybridized carbons (Fsp3) is 0.167. The van der Waals surface area contributed by atoms with Crippen molar-refractivity contribution in [2.24, 2.45) is 0 Å². The van der Waals surface area contributed by atoms with Crippen molar-refractivity contribution in [3.63, 3.8) is 0 Å². The van der Waals surface area contributed by atoms with E-state index in [2.05, 4.69) is 9.97 Å². The molecule has 0 aliphatic carbocycles. The smallest absolute Gasteiger partial charge is 0.141 e. The molecule has 15 heavy (non-hydrogen) atoms. The van der Waals surface area contributed by atoms with Crippen LogP contribution in [0.15, 0.2) is 48.8 Å². The Bertz CT molecular complexity index is 363. The Balaban J connectivity index is 2.34. The molecule has 3 heteroatoms. The van der Waals surface area contributed by atoms with Crippen molar-refractivity contribution < 1.29 is 4.74 Å². The molecule has 2 heterocycles. The van der Waals surface area contributed by atoms with Crippen LogP contribution in [0.5, 0.6) is 0 Å². The van der Waals surface area contributed by atoms with Crippen LogP contribution in [0.2, 0.25) is 0 Å². The molecule has 0 amide bonds. The first-order valence-electron chi connectivity index (χ1n) is 4.76. The van der Waals surface area contributed by atoms with Crippen LogP contribution < -0.4 is 0 Å². The summed E-state index contributed by atoms with van der Waals surface area (Å²) in [6, 6.07) is 11.5. The fourth-order valence-electron chi connectivity index (χ4n) is 1.46. The fourth-order valence-corrected chi connectivity index (χ4v) is 1.46. The van der Waals surface area contributed by atoms with E-state index < -0.39 is 0 Å². The number of aromatic nitrogens is 2. The zero-order valence-corrected chi connectivity index (χ0v) is 8.50. The van der Waals surface area contributed by atoms with Gasteiger partial charge in [-0.2, -0.15) is 0 Å². The molecule has 0 radical (unpaired) electrons. The maximum absolute atomic E-state index is 5.40. The Morgan fingerprint density at radius 1 is 0.933 bits per heavy atom. The minimum atomic E-state index is -0.188. The Labute approximate surface area is 88.8 Å². The van der Waals surface area contributed by atoms with Crippen LogP contribution in [0, 0.1) is 0 Å². The highest BCUT2D eigenvalue weighted by atomic mass is 16.5. The second-order valence-corrected chi connectivity index (χ2v) is 3.12. The van der Waals surface area contributed by atoms with Crippen molar-refractivity contribution in [1.29, 1.82) is 0 Å². The van der Waals surface area contributed by atoms with Gasteiger partial charge in [-0.15, -0.1) is 0 Å². The number of ether oxygens (including phenoxy) is 1. The average molecular weight is 200 g/mol. The van der Waals surface area contributed by atoms with E-state index in [9.17, 15) is 0 Å². The van der Waals surface area contributed by atoms with Gasteiger partial charge in [0.2, 0.25) is 0 Å². The van der Waals surface area contributed by atoms with E-state index >= 15 is 0 Å². The normalized spacial score (nSPS) is 10.5. The summed E-state index contributed by atoms with van der Waals surface area (Å²) in [6.45, 7) is 0. The van der Waals surface area contributed by atoms with Crippen LogP contribution in [-0.2, 0) is 4.74 Å². The second-order valence-electron chi connectivity index (χ2n) is 3.12. The van der Waals surface area contributed by atoms with E-state index in [1.165, 1.54) is 0 Å². The van der Waals surface area contributed by atoms with Crippen LogP contribution in [-0.4, -0.2) is 17.1 Å². The maximum atomic E-state index is 5.40. The van der Waals surface area contributed by atoms with Crippen LogP contribution in [0.4, 0.5) is 0 Å². The second kappa shape index (κ2) is 4.66. The van der Waals surface area contributed by atoms with Crippen molar-refractivity contribution in [1.82, 2.24) is 9.97 Å². The molecule has 0 aliphatic heterocycles. The van der Waals surface area contributed by atoms with Gasteiger partial charge < -0.3 is 4.74 Å². The van der Waals surface area contributed by atoms with E-state index in [0.29, 0.717) is 0 Å². The standard InChI is InChI=1S/C12H12N2O/c1-15-12(10-6-2-4-8-13-10)11-7-3-5-9-14-11/h2-9,12H,1H3. The summed E-state index contributed by atoms with van der Waals surface area (Å²) in [5.41, 5.74) is 1.75. The Morgan fingerprint density at radius 2 is 1.47 bits per heavy atom. The summed E-state index contributed by atoms with van der Waals surface area (Å²) in [5, 5.41) is 0. The zero-order valence-electron chi connectivity index (χ0n) is 8.50. The molecule has 0 aromatic carbocycles. The molecular weight excluding hydrogens is 188 g/mol. The zero-order chi connectivity index (χ0) is 10.5. The molecule has 2 aromatic heterocycles. The van der Waals surface area contributed by atoms with Gasteiger partial charge in [0.05, 0.1) is 11.4 Å². The van der Waals surface area contributed by atoms with E-state index in [1.54, 1.807) is 19.5 Å². The molecule has 0 N–H and O–H groups in total. The van der Waals surface area contributed by atoms with Crippen molar-refractivity contribution in [2.75, 3.05) is 7.11 Å². The molecule has 0 bridgehead atoms. The van der Waals surface area contributed by atoms with Crippen LogP contribution in [0.1, 0.15) is 17.5 Å². The first-order chi connectivity index (χ1) is 7.42. The molecular formula is C12H12N2O. The number of methoxy groups -OCH3 is 1. The third-order valence-corrected chi connectivity index (χ3v) is 2.15. The van der Waals surface area contributed by atoms with Crippen LogP contribution in [0.3, 0.4) is 0 Å². The highest BCUT2D eigenvalue weighted by Crippen LogP contribution is 2.20. The molecule has 0 atom stereocenters. The molecule has 3 nitrogen and oxygen atoms in total. The number of rotatable bonds is 3. The molecule has 0 saturated heterocycles. The van der Waals surface area contributed by atoms with Gasteiger partial charge in [-0.25, -0.2) is 0 Å². The van der Waals surface area contributed by atoms with Gasteiger partial charge in [-0.3, -0.25) is 9.97 Å². The molecule has 0 unspecified atom stereocenters. The third-order valence-electron chi connectivity index (χ3n) is 2.15. The molecule has 2 aromatic rings. The van der Waals surface area contributed by atoms with Crippen molar-refractivity contribution in [3.8, 4) is 0 Å². The Kier molecular flexibility index (Phi) is 3.05. The van der Waals surface area contributed by atoms with E-state index in [1.807, 2.05) is 36.4 Å². The number of hydrogen-bond donors (Lipinski definition) is 0. The van der Waals surface area contributed by atoms with E-state index in [4.69, 9.17) is 4.74 Å².